The molecule has 1 saturated heterocycles. The minimum atomic E-state index is -3.05. The van der Waals surface area contributed by atoms with Crippen LogP contribution in [0.1, 0.15) is 36.6 Å². The first kappa shape index (κ1) is 28.2. The van der Waals surface area contributed by atoms with Crippen LogP contribution in [0.5, 0.6) is 0 Å². The number of nitrogens with zero attached hydrogens (tertiary/aromatic N) is 3. The fraction of sp³-hybridized carbons (Fsp3) is 0.429. The van der Waals surface area contributed by atoms with Gasteiger partial charge in [-0.3, -0.25) is 4.79 Å². The number of aromatic nitrogens is 2. The molecule has 5 rings (SSSR count). The highest BCUT2D eigenvalue weighted by molar-refractivity contribution is 7.91. The molecule has 8 nitrogen and oxygen atoms in total. The number of halogens is 3. The monoisotopic (exact) mass is 577 g/mol. The van der Waals surface area contributed by atoms with Crippen molar-refractivity contribution in [2.75, 3.05) is 36.6 Å². The van der Waals surface area contributed by atoms with Gasteiger partial charge in [0.05, 0.1) is 48.2 Å². The van der Waals surface area contributed by atoms with Gasteiger partial charge in [-0.1, -0.05) is 12.1 Å². The molecule has 0 amide bonds. The average molecular weight is 578 g/mol. The molecule has 0 spiro atoms. The Labute approximate surface area is 230 Å². The number of sulfone groups is 1. The summed E-state index contributed by atoms with van der Waals surface area (Å²) < 4.78 is 72.6. The lowest BCUT2D eigenvalue weighted by Crippen LogP contribution is -2.40. The van der Waals surface area contributed by atoms with Gasteiger partial charge in [0.25, 0.3) is 0 Å². The molecule has 40 heavy (non-hydrogen) atoms. The zero-order valence-corrected chi connectivity index (χ0v) is 22.7. The predicted molar refractivity (Wildman–Crippen MR) is 143 cm³/mol. The maximum absolute atomic E-state index is 14.4. The highest BCUT2D eigenvalue weighted by atomic mass is 32.2. The predicted octanol–water partition coefficient (Wildman–Crippen LogP) is 4.10. The minimum Gasteiger partial charge on any atom is -0.469 e. The van der Waals surface area contributed by atoms with Crippen LogP contribution in [0.3, 0.4) is 0 Å². The Bertz CT molecular complexity index is 1480. The van der Waals surface area contributed by atoms with Crippen LogP contribution in [-0.4, -0.2) is 66.9 Å². The standard InChI is InChI=1S/C28H30F3N3O5S/c1-39-27(36)23-16-28(30,31)11-10-22(23)26-25(24(17-35)34(32-26)21-8-4-19(29)5-9-21)18-2-6-20(7-3-18)33-12-14-40(37,38)15-13-33/h2-9,22-23,35H,10-17H2,1H3/t22-,23-/m1/s1. The second kappa shape index (κ2) is 10.9. The summed E-state index contributed by atoms with van der Waals surface area (Å²) in [6, 6.07) is 12.8. The van der Waals surface area contributed by atoms with Crippen molar-refractivity contribution >= 4 is 21.5 Å². The van der Waals surface area contributed by atoms with Crippen molar-refractivity contribution in [2.24, 2.45) is 5.92 Å². The van der Waals surface area contributed by atoms with E-state index >= 15 is 0 Å². The first-order valence-corrected chi connectivity index (χ1v) is 14.8. The van der Waals surface area contributed by atoms with Crippen LogP contribution in [-0.2, 0) is 26.0 Å². The lowest BCUT2D eigenvalue weighted by atomic mass is 9.74. The number of esters is 1. The molecule has 2 atom stereocenters. The maximum Gasteiger partial charge on any atom is 0.309 e. The summed E-state index contributed by atoms with van der Waals surface area (Å²) in [5.41, 5.74) is 3.15. The molecular formula is C28H30F3N3O5S. The zero-order chi connectivity index (χ0) is 28.7. The summed E-state index contributed by atoms with van der Waals surface area (Å²) in [6.07, 6.45) is -1.14. The Balaban J connectivity index is 1.61. The van der Waals surface area contributed by atoms with Gasteiger partial charge in [-0.15, -0.1) is 0 Å². The fourth-order valence-corrected chi connectivity index (χ4v) is 6.86. The molecule has 2 aromatic carbocycles. The number of benzene rings is 2. The van der Waals surface area contributed by atoms with Gasteiger partial charge in [0.15, 0.2) is 9.84 Å². The van der Waals surface area contributed by atoms with Gasteiger partial charge < -0.3 is 14.7 Å². The van der Waals surface area contributed by atoms with Crippen LogP contribution in [0.4, 0.5) is 18.9 Å². The van der Waals surface area contributed by atoms with Crippen molar-refractivity contribution in [1.82, 2.24) is 9.78 Å². The Kier molecular flexibility index (Phi) is 7.66. The van der Waals surface area contributed by atoms with Crippen molar-refractivity contribution in [2.45, 2.75) is 37.7 Å². The molecular weight excluding hydrogens is 547 g/mol. The van der Waals surface area contributed by atoms with E-state index in [1.807, 2.05) is 17.0 Å². The van der Waals surface area contributed by atoms with Crippen molar-refractivity contribution in [3.63, 3.8) is 0 Å². The molecule has 3 aromatic rings. The SMILES string of the molecule is COC(=O)[C@@H]1CC(F)(F)CC[C@H]1c1nn(-c2ccc(F)cc2)c(CO)c1-c1ccc(N2CCS(=O)(=O)CC2)cc1. The summed E-state index contributed by atoms with van der Waals surface area (Å²) in [6.45, 7) is 0.278. The van der Waals surface area contributed by atoms with Crippen molar-refractivity contribution in [3.05, 3.63) is 65.7 Å². The van der Waals surface area contributed by atoms with E-state index in [0.29, 0.717) is 41.3 Å². The van der Waals surface area contributed by atoms with Crippen LogP contribution in [0.2, 0.25) is 0 Å². The highest BCUT2D eigenvalue weighted by Gasteiger charge is 2.47. The number of aliphatic hydroxyl groups is 1. The van der Waals surface area contributed by atoms with Crippen LogP contribution in [0.25, 0.3) is 16.8 Å². The third-order valence-corrected chi connectivity index (χ3v) is 9.38. The molecule has 1 N–H and O–H groups in total. The second-order valence-corrected chi connectivity index (χ2v) is 12.6. The summed E-state index contributed by atoms with van der Waals surface area (Å²) in [4.78, 5) is 14.7. The Morgan fingerprint density at radius 3 is 2.30 bits per heavy atom. The van der Waals surface area contributed by atoms with Gasteiger partial charge in [0.2, 0.25) is 5.92 Å². The smallest absolute Gasteiger partial charge is 0.309 e. The van der Waals surface area contributed by atoms with Gasteiger partial charge >= 0.3 is 5.97 Å². The van der Waals surface area contributed by atoms with Gasteiger partial charge in [-0.05, 0) is 48.4 Å². The summed E-state index contributed by atoms with van der Waals surface area (Å²) >= 11 is 0. The average Bonchev–Trinajstić information content (AvgIpc) is 3.32. The number of anilines is 1. The van der Waals surface area contributed by atoms with Gasteiger partial charge in [0.1, 0.15) is 5.82 Å². The highest BCUT2D eigenvalue weighted by Crippen LogP contribution is 2.48. The molecule has 1 aliphatic carbocycles. The number of hydrogen-bond donors (Lipinski definition) is 1. The third-order valence-electron chi connectivity index (χ3n) is 7.78. The van der Waals surface area contributed by atoms with Gasteiger partial charge in [-0.2, -0.15) is 5.10 Å². The van der Waals surface area contributed by atoms with E-state index in [4.69, 9.17) is 9.84 Å². The van der Waals surface area contributed by atoms with Crippen molar-refractivity contribution in [3.8, 4) is 16.8 Å². The number of methoxy groups -OCH3 is 1. The number of aliphatic hydroxyl groups excluding tert-OH is 1. The van der Waals surface area contributed by atoms with E-state index in [0.717, 1.165) is 12.8 Å². The number of ether oxygens (including phenoxy) is 1. The van der Waals surface area contributed by atoms with E-state index in [1.165, 1.54) is 28.9 Å². The minimum absolute atomic E-state index is 0.0224. The summed E-state index contributed by atoms with van der Waals surface area (Å²) in [5.74, 6) is -5.96. The van der Waals surface area contributed by atoms with Crippen molar-refractivity contribution in [1.29, 1.82) is 0 Å². The number of alkyl halides is 2. The number of hydrogen-bond acceptors (Lipinski definition) is 7. The topological polar surface area (TPSA) is 102 Å². The van der Waals surface area contributed by atoms with Crippen LogP contribution in [0, 0.1) is 11.7 Å². The molecule has 2 heterocycles. The fourth-order valence-electron chi connectivity index (χ4n) is 5.66. The normalized spacial score (nSPS) is 22.2. The number of rotatable bonds is 6. The number of carbonyl (C=O) groups is 1. The molecule has 0 bridgehead atoms. The van der Waals surface area contributed by atoms with E-state index in [9.17, 15) is 31.5 Å². The van der Waals surface area contributed by atoms with Crippen LogP contribution < -0.4 is 4.90 Å². The molecule has 214 valence electrons. The zero-order valence-electron chi connectivity index (χ0n) is 21.9. The van der Waals surface area contributed by atoms with E-state index in [1.54, 1.807) is 12.1 Å². The van der Waals surface area contributed by atoms with Crippen LogP contribution >= 0.6 is 0 Å². The Morgan fingerprint density at radius 2 is 1.70 bits per heavy atom. The quantitative estimate of drug-likeness (QED) is 0.441. The second-order valence-electron chi connectivity index (χ2n) is 10.3. The molecule has 0 radical (unpaired) electrons. The Morgan fingerprint density at radius 1 is 1.07 bits per heavy atom. The first-order chi connectivity index (χ1) is 19.0. The molecule has 1 aromatic heterocycles. The lowest BCUT2D eigenvalue weighted by molar-refractivity contribution is -0.154. The lowest BCUT2D eigenvalue weighted by Gasteiger charge is -2.34. The molecule has 1 aliphatic heterocycles. The molecule has 2 aliphatic rings. The van der Waals surface area contributed by atoms with E-state index in [-0.39, 0.29) is 17.9 Å². The third kappa shape index (κ3) is 5.60. The number of carbonyl (C=O) groups excluding carboxylic acids is 1. The first-order valence-electron chi connectivity index (χ1n) is 13.0. The molecule has 1 saturated carbocycles. The Hall–Kier alpha value is -3.38. The summed E-state index contributed by atoms with van der Waals surface area (Å²) in [5, 5.41) is 15.2. The van der Waals surface area contributed by atoms with Gasteiger partial charge in [0, 0.05) is 43.1 Å². The summed E-state index contributed by atoms with van der Waals surface area (Å²) in [7, 11) is -1.89. The van der Waals surface area contributed by atoms with E-state index in [2.05, 4.69) is 0 Å². The van der Waals surface area contributed by atoms with E-state index < -0.39 is 58.8 Å². The molecule has 12 heteroatoms. The largest absolute Gasteiger partial charge is 0.469 e. The van der Waals surface area contributed by atoms with Crippen LogP contribution in [0.15, 0.2) is 48.5 Å². The van der Waals surface area contributed by atoms with Crippen molar-refractivity contribution < 1.29 is 36.2 Å². The molecule has 0 unspecified atom stereocenters. The molecule has 2 fully saturated rings. The van der Waals surface area contributed by atoms with Gasteiger partial charge in [-0.25, -0.2) is 26.3 Å². The maximum atomic E-state index is 14.4.